The minimum absolute atomic E-state index is 0.271. The first kappa shape index (κ1) is 13.9. The van der Waals surface area contributed by atoms with Crippen LogP contribution in [-0.2, 0) is 12.5 Å². The molecule has 0 atom stereocenters. The molecule has 0 aliphatic rings. The Labute approximate surface area is 112 Å². The van der Waals surface area contributed by atoms with Crippen molar-refractivity contribution in [1.82, 2.24) is 4.57 Å². The Hall–Kier alpha value is -2.50. The molecule has 0 unspecified atom stereocenters. The third-order valence-electron chi connectivity index (χ3n) is 2.82. The van der Waals surface area contributed by atoms with Gasteiger partial charge in [0.15, 0.2) is 0 Å². The van der Waals surface area contributed by atoms with Gasteiger partial charge in [0, 0.05) is 11.6 Å². The van der Waals surface area contributed by atoms with Crippen LogP contribution < -0.4 is 5.56 Å². The maximum absolute atomic E-state index is 14.1. The summed E-state index contributed by atoms with van der Waals surface area (Å²) in [5.74, 6) is -4.76. The topological polar surface area (TPSA) is 59.3 Å². The zero-order chi connectivity index (χ0) is 14.8. The second-order valence-corrected chi connectivity index (χ2v) is 4.21. The van der Waals surface area contributed by atoms with Crippen LogP contribution in [0.1, 0.15) is 16.1 Å². The highest BCUT2D eigenvalue weighted by molar-refractivity contribution is 5.85. The number of hydrogen-bond donors (Lipinski definition) is 1. The van der Waals surface area contributed by atoms with Crippen LogP contribution in [0.3, 0.4) is 0 Å². The summed E-state index contributed by atoms with van der Waals surface area (Å²) in [7, 11) is 0. The van der Waals surface area contributed by atoms with Gasteiger partial charge in [-0.1, -0.05) is 36.4 Å². The molecule has 0 radical (unpaired) electrons. The number of carboxylic acid groups (broad SMARTS) is 1. The van der Waals surface area contributed by atoms with Crippen LogP contribution in [0.5, 0.6) is 0 Å². The smallest absolute Gasteiger partial charge is 0.352 e. The van der Waals surface area contributed by atoms with Crippen LogP contribution in [0.4, 0.5) is 8.78 Å². The Morgan fingerprint density at radius 3 is 2.35 bits per heavy atom. The van der Waals surface area contributed by atoms with E-state index in [1.54, 1.807) is 6.07 Å². The predicted molar refractivity (Wildman–Crippen MR) is 68.0 cm³/mol. The summed E-state index contributed by atoms with van der Waals surface area (Å²) in [5.41, 5.74) is -1.51. The van der Waals surface area contributed by atoms with E-state index in [1.807, 2.05) is 0 Å². The van der Waals surface area contributed by atoms with Gasteiger partial charge in [-0.3, -0.25) is 9.36 Å². The number of carbonyl (C=O) groups is 1. The van der Waals surface area contributed by atoms with E-state index in [4.69, 9.17) is 5.11 Å². The number of aromatic nitrogens is 1. The van der Waals surface area contributed by atoms with E-state index in [9.17, 15) is 18.4 Å². The molecule has 2 rings (SSSR count). The van der Waals surface area contributed by atoms with Crippen molar-refractivity contribution in [3.63, 3.8) is 0 Å². The maximum Gasteiger partial charge on any atom is 0.352 e. The van der Waals surface area contributed by atoms with E-state index in [0.717, 1.165) is 12.1 Å². The standard InChI is InChI=1S/C14H11F2NO3/c15-14(16,10-5-2-1-3-6-10)9-17-11(13(19)20)7-4-8-12(17)18/h1-8H,9H2,(H,19,20). The number of nitrogens with zero attached hydrogens (tertiary/aromatic N) is 1. The molecule has 0 amide bonds. The highest BCUT2D eigenvalue weighted by atomic mass is 19.3. The Bertz CT molecular complexity index is 680. The summed E-state index contributed by atoms with van der Waals surface area (Å²) in [6.07, 6.45) is 0. The van der Waals surface area contributed by atoms with Crippen molar-refractivity contribution in [2.24, 2.45) is 0 Å². The number of alkyl halides is 2. The van der Waals surface area contributed by atoms with Crippen molar-refractivity contribution in [3.8, 4) is 0 Å². The molecule has 4 nitrogen and oxygen atoms in total. The Balaban J connectivity index is 2.45. The van der Waals surface area contributed by atoms with Crippen molar-refractivity contribution >= 4 is 5.97 Å². The average Bonchev–Trinajstić information content (AvgIpc) is 2.41. The van der Waals surface area contributed by atoms with E-state index in [-0.39, 0.29) is 5.56 Å². The fraction of sp³-hybridized carbons (Fsp3) is 0.143. The largest absolute Gasteiger partial charge is 0.477 e. The maximum atomic E-state index is 14.1. The van der Waals surface area contributed by atoms with E-state index in [0.29, 0.717) is 4.57 Å². The second-order valence-electron chi connectivity index (χ2n) is 4.21. The van der Waals surface area contributed by atoms with Crippen molar-refractivity contribution in [2.75, 3.05) is 0 Å². The van der Waals surface area contributed by atoms with Gasteiger partial charge >= 0.3 is 5.97 Å². The van der Waals surface area contributed by atoms with E-state index in [1.165, 1.54) is 30.3 Å². The third-order valence-corrected chi connectivity index (χ3v) is 2.82. The molecule has 0 fully saturated rings. The van der Waals surface area contributed by atoms with Crippen LogP contribution in [0.15, 0.2) is 53.3 Å². The summed E-state index contributed by atoms with van der Waals surface area (Å²) < 4.78 is 28.8. The molecule has 0 aliphatic heterocycles. The lowest BCUT2D eigenvalue weighted by Gasteiger charge is -2.19. The SMILES string of the molecule is O=C(O)c1cccc(=O)n1CC(F)(F)c1ccccc1. The van der Waals surface area contributed by atoms with Gasteiger partial charge < -0.3 is 5.11 Å². The molecule has 0 saturated carbocycles. The Morgan fingerprint density at radius 2 is 1.75 bits per heavy atom. The molecular formula is C14H11F2NO3. The molecule has 104 valence electrons. The van der Waals surface area contributed by atoms with E-state index in [2.05, 4.69) is 0 Å². The number of hydrogen-bond acceptors (Lipinski definition) is 2. The number of carboxylic acids is 1. The number of aromatic carboxylic acids is 1. The summed E-state index contributed by atoms with van der Waals surface area (Å²) in [5, 5.41) is 8.95. The first-order valence-corrected chi connectivity index (χ1v) is 5.78. The molecule has 1 aromatic carbocycles. The number of halogens is 2. The van der Waals surface area contributed by atoms with Crippen molar-refractivity contribution in [1.29, 1.82) is 0 Å². The summed E-state index contributed by atoms with van der Waals surface area (Å²) in [6.45, 7) is -1.02. The fourth-order valence-electron chi connectivity index (χ4n) is 1.84. The van der Waals surface area contributed by atoms with Crippen molar-refractivity contribution in [3.05, 3.63) is 70.1 Å². The second kappa shape index (κ2) is 5.24. The molecule has 0 spiro atoms. The first-order valence-electron chi connectivity index (χ1n) is 5.78. The van der Waals surface area contributed by atoms with Crippen molar-refractivity contribution in [2.45, 2.75) is 12.5 Å². The van der Waals surface area contributed by atoms with Crippen LogP contribution in [0, 0.1) is 0 Å². The van der Waals surface area contributed by atoms with Gasteiger partial charge in [-0.2, -0.15) is 8.78 Å². The van der Waals surface area contributed by atoms with Gasteiger partial charge in [-0.05, 0) is 6.07 Å². The van der Waals surface area contributed by atoms with Crippen molar-refractivity contribution < 1.29 is 18.7 Å². The average molecular weight is 279 g/mol. The number of rotatable bonds is 4. The highest BCUT2D eigenvalue weighted by Crippen LogP contribution is 2.29. The first-order chi connectivity index (χ1) is 9.42. The number of pyridine rings is 1. The minimum atomic E-state index is -3.34. The van der Waals surface area contributed by atoms with Gasteiger partial charge in [-0.15, -0.1) is 0 Å². The lowest BCUT2D eigenvalue weighted by Crippen LogP contribution is -2.32. The van der Waals surface area contributed by atoms with E-state index < -0.39 is 29.7 Å². The van der Waals surface area contributed by atoms with Gasteiger partial charge in [0.25, 0.3) is 11.5 Å². The third kappa shape index (κ3) is 2.74. The lowest BCUT2D eigenvalue weighted by molar-refractivity contribution is -0.0238. The molecule has 6 heteroatoms. The van der Waals surface area contributed by atoms with Gasteiger partial charge in [0.2, 0.25) is 0 Å². The zero-order valence-corrected chi connectivity index (χ0v) is 10.3. The minimum Gasteiger partial charge on any atom is -0.477 e. The lowest BCUT2D eigenvalue weighted by atomic mass is 10.1. The summed E-state index contributed by atoms with van der Waals surface area (Å²) in [6, 6.07) is 10.4. The quantitative estimate of drug-likeness (QED) is 0.934. The van der Waals surface area contributed by atoms with Crippen LogP contribution >= 0.6 is 0 Å². The molecule has 0 aliphatic carbocycles. The zero-order valence-electron chi connectivity index (χ0n) is 10.3. The van der Waals surface area contributed by atoms with E-state index >= 15 is 0 Å². The summed E-state index contributed by atoms with van der Waals surface area (Å²) in [4.78, 5) is 22.6. The van der Waals surface area contributed by atoms with Crippen LogP contribution in [0.25, 0.3) is 0 Å². The Morgan fingerprint density at radius 1 is 1.10 bits per heavy atom. The predicted octanol–water partition coefficient (Wildman–Crippen LogP) is 2.34. The molecule has 1 aromatic heterocycles. The van der Waals surface area contributed by atoms with Gasteiger partial charge in [0.05, 0.1) is 6.54 Å². The molecule has 0 saturated heterocycles. The van der Waals surface area contributed by atoms with Crippen LogP contribution in [0.2, 0.25) is 0 Å². The normalized spacial score (nSPS) is 11.3. The Kier molecular flexibility index (Phi) is 3.65. The molecule has 1 N–H and O–H groups in total. The van der Waals surface area contributed by atoms with Gasteiger partial charge in [0.1, 0.15) is 5.69 Å². The summed E-state index contributed by atoms with van der Waals surface area (Å²) >= 11 is 0. The molecule has 20 heavy (non-hydrogen) atoms. The number of benzene rings is 1. The molecule has 1 heterocycles. The van der Waals surface area contributed by atoms with Crippen LogP contribution in [-0.4, -0.2) is 15.6 Å². The monoisotopic (exact) mass is 279 g/mol. The van der Waals surface area contributed by atoms with Gasteiger partial charge in [-0.25, -0.2) is 4.79 Å². The molecule has 2 aromatic rings. The highest BCUT2D eigenvalue weighted by Gasteiger charge is 2.33. The molecule has 0 bridgehead atoms. The molecular weight excluding hydrogens is 268 g/mol. The fourth-order valence-corrected chi connectivity index (χ4v) is 1.84.